The smallest absolute Gasteiger partial charge is 0.231 e. The van der Waals surface area contributed by atoms with Crippen molar-refractivity contribution < 1.29 is 9.47 Å². The topological polar surface area (TPSA) is 47.5 Å². The van der Waals surface area contributed by atoms with Gasteiger partial charge in [0.1, 0.15) is 0 Å². The summed E-state index contributed by atoms with van der Waals surface area (Å²) in [5.74, 6) is 3.06. The van der Waals surface area contributed by atoms with Gasteiger partial charge < -0.3 is 14.4 Å². The molecule has 1 aliphatic rings. The van der Waals surface area contributed by atoms with E-state index in [-0.39, 0.29) is 0 Å². The highest BCUT2D eigenvalue weighted by Crippen LogP contribution is 2.26. The first kappa shape index (κ1) is 13.2. The van der Waals surface area contributed by atoms with Gasteiger partial charge in [-0.05, 0) is 18.8 Å². The summed E-state index contributed by atoms with van der Waals surface area (Å²) in [7, 11) is 3.18. The highest BCUT2D eigenvalue weighted by Gasteiger charge is 2.24. The predicted molar refractivity (Wildman–Crippen MR) is 70.8 cm³/mol. The number of methoxy groups -OCH3 is 2. The Labute approximate surface area is 112 Å². The second-order valence-electron chi connectivity index (χ2n) is 4.33. The van der Waals surface area contributed by atoms with Crippen LogP contribution in [0.1, 0.15) is 12.8 Å². The number of rotatable bonds is 5. The van der Waals surface area contributed by atoms with Crippen molar-refractivity contribution in [3.05, 3.63) is 6.07 Å². The number of ether oxygens (including phenoxy) is 2. The summed E-state index contributed by atoms with van der Waals surface area (Å²) >= 11 is 5.78. The Bertz CT molecular complexity index is 381. The first-order valence-electron chi connectivity index (χ1n) is 6.04. The minimum Gasteiger partial charge on any atom is -0.481 e. The summed E-state index contributed by atoms with van der Waals surface area (Å²) < 4.78 is 10.3. The van der Waals surface area contributed by atoms with Crippen LogP contribution < -0.4 is 14.4 Å². The van der Waals surface area contributed by atoms with Gasteiger partial charge in [-0.2, -0.15) is 9.97 Å². The molecule has 2 heterocycles. The molecule has 0 amide bonds. The fourth-order valence-electron chi connectivity index (χ4n) is 2.15. The summed E-state index contributed by atoms with van der Waals surface area (Å²) in [6.45, 7) is 1.90. The number of hydrogen-bond donors (Lipinski definition) is 0. The van der Waals surface area contributed by atoms with E-state index in [1.165, 1.54) is 0 Å². The van der Waals surface area contributed by atoms with E-state index in [0.29, 0.717) is 29.5 Å². The highest BCUT2D eigenvalue weighted by molar-refractivity contribution is 6.17. The largest absolute Gasteiger partial charge is 0.481 e. The van der Waals surface area contributed by atoms with Crippen LogP contribution in [0.2, 0.25) is 0 Å². The number of aromatic nitrogens is 2. The van der Waals surface area contributed by atoms with Crippen LogP contribution in [-0.2, 0) is 0 Å². The lowest BCUT2D eigenvalue weighted by Crippen LogP contribution is -2.22. The lowest BCUT2D eigenvalue weighted by atomic mass is 10.1. The molecule has 1 saturated heterocycles. The summed E-state index contributed by atoms with van der Waals surface area (Å²) in [6.07, 6.45) is 2.18. The number of anilines is 1. The van der Waals surface area contributed by atoms with Crippen LogP contribution in [-0.4, -0.2) is 43.2 Å². The molecule has 0 radical (unpaired) electrons. The molecule has 100 valence electrons. The van der Waals surface area contributed by atoms with Crippen molar-refractivity contribution in [2.45, 2.75) is 12.8 Å². The van der Waals surface area contributed by atoms with E-state index in [9.17, 15) is 0 Å². The fourth-order valence-corrected chi connectivity index (χ4v) is 2.46. The molecule has 1 aromatic rings. The minimum atomic E-state index is 0.526. The maximum Gasteiger partial charge on any atom is 0.231 e. The Morgan fingerprint density at radius 1 is 1.33 bits per heavy atom. The third-order valence-electron chi connectivity index (χ3n) is 3.17. The SMILES string of the molecule is COc1cc(OC)nc(N2CCC(CCCl)C2)n1. The van der Waals surface area contributed by atoms with Gasteiger partial charge >= 0.3 is 0 Å². The minimum absolute atomic E-state index is 0.526. The van der Waals surface area contributed by atoms with E-state index < -0.39 is 0 Å². The van der Waals surface area contributed by atoms with Crippen molar-refractivity contribution in [3.8, 4) is 11.8 Å². The van der Waals surface area contributed by atoms with Crippen molar-refractivity contribution >= 4 is 17.5 Å². The molecule has 1 atom stereocenters. The Kier molecular flexibility index (Phi) is 4.47. The summed E-state index contributed by atoms with van der Waals surface area (Å²) in [6, 6.07) is 1.68. The first-order valence-corrected chi connectivity index (χ1v) is 6.58. The van der Waals surface area contributed by atoms with E-state index in [1.54, 1.807) is 20.3 Å². The lowest BCUT2D eigenvalue weighted by Gasteiger charge is -2.17. The van der Waals surface area contributed by atoms with Gasteiger partial charge in [-0.25, -0.2) is 0 Å². The molecule has 0 spiro atoms. The molecular formula is C12H18ClN3O2. The summed E-state index contributed by atoms with van der Waals surface area (Å²) in [5, 5.41) is 0. The van der Waals surface area contributed by atoms with E-state index in [4.69, 9.17) is 21.1 Å². The molecule has 6 heteroatoms. The van der Waals surface area contributed by atoms with E-state index in [2.05, 4.69) is 14.9 Å². The number of hydrogen-bond acceptors (Lipinski definition) is 5. The van der Waals surface area contributed by atoms with Crippen LogP contribution in [0.3, 0.4) is 0 Å². The summed E-state index contributed by atoms with van der Waals surface area (Å²) in [5.41, 5.74) is 0. The van der Waals surface area contributed by atoms with Gasteiger partial charge in [-0.1, -0.05) is 0 Å². The zero-order chi connectivity index (χ0) is 13.0. The van der Waals surface area contributed by atoms with Crippen LogP contribution in [0.4, 0.5) is 5.95 Å². The van der Waals surface area contributed by atoms with Crippen LogP contribution in [0.15, 0.2) is 6.07 Å². The third kappa shape index (κ3) is 2.96. The lowest BCUT2D eigenvalue weighted by molar-refractivity contribution is 0.371. The van der Waals surface area contributed by atoms with Crippen LogP contribution in [0.5, 0.6) is 11.8 Å². The molecule has 1 aromatic heterocycles. The molecule has 0 bridgehead atoms. The van der Waals surface area contributed by atoms with Gasteiger partial charge in [0, 0.05) is 19.0 Å². The van der Waals surface area contributed by atoms with E-state index >= 15 is 0 Å². The molecule has 0 aromatic carbocycles. The van der Waals surface area contributed by atoms with Crippen LogP contribution in [0.25, 0.3) is 0 Å². The van der Waals surface area contributed by atoms with Crippen molar-refractivity contribution in [2.75, 3.05) is 38.1 Å². The maximum atomic E-state index is 5.78. The second kappa shape index (κ2) is 6.09. The van der Waals surface area contributed by atoms with E-state index in [0.717, 1.165) is 25.9 Å². The molecule has 18 heavy (non-hydrogen) atoms. The van der Waals surface area contributed by atoms with Crippen molar-refractivity contribution in [1.29, 1.82) is 0 Å². The number of halogens is 1. The average molecular weight is 272 g/mol. The molecular weight excluding hydrogens is 254 g/mol. The Morgan fingerprint density at radius 2 is 2.00 bits per heavy atom. The fraction of sp³-hybridized carbons (Fsp3) is 0.667. The monoisotopic (exact) mass is 271 g/mol. The molecule has 1 aliphatic heterocycles. The van der Waals surface area contributed by atoms with Crippen molar-refractivity contribution in [2.24, 2.45) is 5.92 Å². The van der Waals surface area contributed by atoms with Gasteiger partial charge in [-0.3, -0.25) is 0 Å². The third-order valence-corrected chi connectivity index (χ3v) is 3.39. The van der Waals surface area contributed by atoms with Crippen LogP contribution >= 0.6 is 11.6 Å². The normalized spacial score (nSPS) is 19.1. The second-order valence-corrected chi connectivity index (χ2v) is 4.71. The number of alkyl halides is 1. The van der Waals surface area contributed by atoms with Gasteiger partial charge in [-0.15, -0.1) is 11.6 Å². The van der Waals surface area contributed by atoms with E-state index in [1.807, 2.05) is 0 Å². The zero-order valence-electron chi connectivity index (χ0n) is 10.7. The molecule has 0 aliphatic carbocycles. The number of nitrogens with zero attached hydrogens (tertiary/aromatic N) is 3. The molecule has 0 N–H and O–H groups in total. The molecule has 5 nitrogen and oxygen atoms in total. The Hall–Kier alpha value is -1.23. The van der Waals surface area contributed by atoms with Gasteiger partial charge in [0.25, 0.3) is 0 Å². The zero-order valence-corrected chi connectivity index (χ0v) is 11.5. The Balaban J connectivity index is 2.13. The summed E-state index contributed by atoms with van der Waals surface area (Å²) in [4.78, 5) is 10.9. The predicted octanol–water partition coefficient (Wildman–Crippen LogP) is 1.95. The molecule has 1 fully saturated rings. The van der Waals surface area contributed by atoms with Crippen molar-refractivity contribution in [1.82, 2.24) is 9.97 Å². The Morgan fingerprint density at radius 3 is 2.56 bits per heavy atom. The highest BCUT2D eigenvalue weighted by atomic mass is 35.5. The maximum absolute atomic E-state index is 5.78. The van der Waals surface area contributed by atoms with Gasteiger partial charge in [0.2, 0.25) is 17.7 Å². The van der Waals surface area contributed by atoms with Gasteiger partial charge in [0.15, 0.2) is 0 Å². The molecule has 2 rings (SSSR count). The van der Waals surface area contributed by atoms with Crippen molar-refractivity contribution in [3.63, 3.8) is 0 Å². The quantitative estimate of drug-likeness (QED) is 0.766. The molecule has 1 unspecified atom stereocenters. The first-order chi connectivity index (χ1) is 8.76. The standard InChI is InChI=1S/C12H18ClN3O2/c1-17-10-7-11(18-2)15-12(14-10)16-6-4-9(8-16)3-5-13/h7,9H,3-6,8H2,1-2H3. The average Bonchev–Trinajstić information content (AvgIpc) is 2.87. The van der Waals surface area contributed by atoms with Crippen LogP contribution in [0, 0.1) is 5.92 Å². The van der Waals surface area contributed by atoms with Gasteiger partial charge in [0.05, 0.1) is 20.3 Å². The molecule has 0 saturated carbocycles.